The molecular weight excluding hydrogens is 364 g/mol. The van der Waals surface area contributed by atoms with E-state index in [1.807, 2.05) is 40.2 Å². The van der Waals surface area contributed by atoms with Gasteiger partial charge in [0.05, 0.1) is 17.1 Å². The van der Waals surface area contributed by atoms with E-state index in [-0.39, 0.29) is 11.9 Å². The van der Waals surface area contributed by atoms with Gasteiger partial charge in [0.15, 0.2) is 5.65 Å². The predicted molar refractivity (Wildman–Crippen MR) is 112 cm³/mol. The van der Waals surface area contributed by atoms with E-state index in [4.69, 9.17) is 4.98 Å². The van der Waals surface area contributed by atoms with Crippen LogP contribution in [0.15, 0.2) is 36.8 Å². The van der Waals surface area contributed by atoms with Crippen LogP contribution in [0.1, 0.15) is 54.7 Å². The summed E-state index contributed by atoms with van der Waals surface area (Å²) in [4.78, 5) is 26.7. The first-order chi connectivity index (χ1) is 14.1. The highest BCUT2D eigenvalue weighted by Crippen LogP contribution is 2.40. The second-order valence-electron chi connectivity index (χ2n) is 8.27. The standard InChI is InChI=1S/C22H26N6O/c1-15(2)28-21-19(14-24-28)18(13-20(25-21)16-3-4-16)22(29)27-11-9-26(10-12-27)17-5-7-23-8-6-17/h5-8,13-16H,3-4,9-12H2,1-2H3. The molecule has 1 aliphatic heterocycles. The summed E-state index contributed by atoms with van der Waals surface area (Å²) in [5.41, 5.74) is 3.79. The van der Waals surface area contributed by atoms with Crippen LogP contribution < -0.4 is 4.90 Å². The Hall–Kier alpha value is -2.96. The van der Waals surface area contributed by atoms with Gasteiger partial charge in [0, 0.05) is 61.9 Å². The summed E-state index contributed by atoms with van der Waals surface area (Å²) in [6.07, 6.45) is 7.75. The van der Waals surface area contributed by atoms with Crippen molar-refractivity contribution < 1.29 is 4.79 Å². The number of amides is 1. The molecule has 1 amide bonds. The van der Waals surface area contributed by atoms with Crippen molar-refractivity contribution in [3.05, 3.63) is 48.0 Å². The lowest BCUT2D eigenvalue weighted by molar-refractivity contribution is 0.0748. The summed E-state index contributed by atoms with van der Waals surface area (Å²) in [5.74, 6) is 0.585. The van der Waals surface area contributed by atoms with Crippen molar-refractivity contribution in [2.24, 2.45) is 0 Å². The lowest BCUT2D eigenvalue weighted by Gasteiger charge is -2.36. The molecule has 1 saturated heterocycles. The maximum Gasteiger partial charge on any atom is 0.254 e. The Kier molecular flexibility index (Phi) is 4.45. The van der Waals surface area contributed by atoms with E-state index >= 15 is 0 Å². The summed E-state index contributed by atoms with van der Waals surface area (Å²) < 4.78 is 1.93. The quantitative estimate of drug-likeness (QED) is 0.684. The lowest BCUT2D eigenvalue weighted by atomic mass is 10.1. The second kappa shape index (κ2) is 7.13. The molecule has 5 rings (SSSR count). The van der Waals surface area contributed by atoms with E-state index in [1.165, 1.54) is 0 Å². The van der Waals surface area contributed by atoms with Crippen molar-refractivity contribution in [3.8, 4) is 0 Å². The number of anilines is 1. The van der Waals surface area contributed by atoms with Gasteiger partial charge in [-0.3, -0.25) is 9.78 Å². The van der Waals surface area contributed by atoms with E-state index in [2.05, 4.69) is 28.8 Å². The molecule has 7 heteroatoms. The molecule has 1 saturated carbocycles. The molecule has 0 unspecified atom stereocenters. The number of pyridine rings is 2. The Morgan fingerprint density at radius 3 is 2.48 bits per heavy atom. The van der Waals surface area contributed by atoms with Crippen molar-refractivity contribution in [1.29, 1.82) is 0 Å². The molecule has 0 radical (unpaired) electrons. The fourth-order valence-corrected chi connectivity index (χ4v) is 4.07. The second-order valence-corrected chi connectivity index (χ2v) is 8.27. The van der Waals surface area contributed by atoms with Gasteiger partial charge in [-0.1, -0.05) is 0 Å². The number of nitrogens with zero attached hydrogens (tertiary/aromatic N) is 6. The zero-order valence-electron chi connectivity index (χ0n) is 17.0. The molecule has 0 aromatic carbocycles. The summed E-state index contributed by atoms with van der Waals surface area (Å²) in [5, 5.41) is 5.39. The first-order valence-corrected chi connectivity index (χ1v) is 10.4. The topological polar surface area (TPSA) is 67.2 Å². The lowest BCUT2D eigenvalue weighted by Crippen LogP contribution is -2.48. The van der Waals surface area contributed by atoms with Crippen LogP contribution in [0.4, 0.5) is 5.69 Å². The normalized spacial score (nSPS) is 17.3. The number of hydrogen-bond donors (Lipinski definition) is 0. The maximum atomic E-state index is 13.5. The first kappa shape index (κ1) is 18.1. The molecule has 0 N–H and O–H groups in total. The number of aromatic nitrogens is 4. The third-order valence-corrected chi connectivity index (χ3v) is 5.90. The average Bonchev–Trinajstić information content (AvgIpc) is 3.52. The number of rotatable bonds is 4. The molecule has 2 aliphatic rings. The minimum absolute atomic E-state index is 0.0944. The Labute approximate surface area is 170 Å². The van der Waals surface area contributed by atoms with E-state index in [1.54, 1.807) is 6.20 Å². The van der Waals surface area contributed by atoms with Crippen LogP contribution in [-0.4, -0.2) is 56.7 Å². The minimum atomic E-state index is 0.0944. The fraction of sp³-hybridized carbons (Fsp3) is 0.455. The van der Waals surface area contributed by atoms with Crippen LogP contribution in [0, 0.1) is 0 Å². The minimum Gasteiger partial charge on any atom is -0.368 e. The molecule has 4 heterocycles. The van der Waals surface area contributed by atoms with Crippen LogP contribution >= 0.6 is 0 Å². The molecule has 1 aliphatic carbocycles. The van der Waals surface area contributed by atoms with Gasteiger partial charge in [-0.15, -0.1) is 0 Å². The summed E-state index contributed by atoms with van der Waals surface area (Å²) >= 11 is 0. The van der Waals surface area contributed by atoms with E-state index in [0.717, 1.165) is 53.9 Å². The van der Waals surface area contributed by atoms with Gasteiger partial charge in [0.2, 0.25) is 0 Å². The van der Waals surface area contributed by atoms with Gasteiger partial charge < -0.3 is 9.80 Å². The van der Waals surface area contributed by atoms with Crippen LogP contribution in [-0.2, 0) is 0 Å². The molecule has 3 aromatic heterocycles. The third-order valence-electron chi connectivity index (χ3n) is 5.90. The van der Waals surface area contributed by atoms with Gasteiger partial charge in [0.1, 0.15) is 0 Å². The number of carbonyl (C=O) groups excluding carboxylic acids is 1. The van der Waals surface area contributed by atoms with E-state index < -0.39 is 0 Å². The molecule has 3 aromatic rings. The SMILES string of the molecule is CC(C)n1ncc2c(C(=O)N3CCN(c4ccncc4)CC3)cc(C3CC3)nc21. The van der Waals surface area contributed by atoms with Crippen molar-refractivity contribution in [1.82, 2.24) is 24.6 Å². The highest BCUT2D eigenvalue weighted by molar-refractivity contribution is 6.05. The number of piperazine rings is 1. The smallest absolute Gasteiger partial charge is 0.254 e. The van der Waals surface area contributed by atoms with Gasteiger partial charge in [0.25, 0.3) is 5.91 Å². The van der Waals surface area contributed by atoms with Gasteiger partial charge >= 0.3 is 0 Å². The fourth-order valence-electron chi connectivity index (χ4n) is 4.07. The van der Waals surface area contributed by atoms with Crippen LogP contribution in [0.5, 0.6) is 0 Å². The van der Waals surface area contributed by atoms with E-state index in [0.29, 0.717) is 19.0 Å². The summed E-state index contributed by atoms with van der Waals surface area (Å²) in [6, 6.07) is 6.27. The molecule has 7 nitrogen and oxygen atoms in total. The maximum absolute atomic E-state index is 13.5. The van der Waals surface area contributed by atoms with Gasteiger partial charge in [-0.05, 0) is 44.9 Å². The zero-order valence-corrected chi connectivity index (χ0v) is 17.0. The van der Waals surface area contributed by atoms with Crippen molar-refractivity contribution >= 4 is 22.6 Å². The largest absolute Gasteiger partial charge is 0.368 e. The molecule has 2 fully saturated rings. The Morgan fingerprint density at radius 1 is 1.10 bits per heavy atom. The van der Waals surface area contributed by atoms with Crippen molar-refractivity contribution in [2.45, 2.75) is 38.6 Å². The van der Waals surface area contributed by atoms with Gasteiger partial charge in [-0.25, -0.2) is 9.67 Å². The molecule has 29 heavy (non-hydrogen) atoms. The summed E-state index contributed by atoms with van der Waals surface area (Å²) in [6.45, 7) is 7.26. The van der Waals surface area contributed by atoms with Crippen molar-refractivity contribution in [2.75, 3.05) is 31.1 Å². The van der Waals surface area contributed by atoms with Crippen LogP contribution in [0.3, 0.4) is 0 Å². The average molecular weight is 390 g/mol. The Balaban J connectivity index is 1.42. The van der Waals surface area contributed by atoms with E-state index in [9.17, 15) is 4.79 Å². The number of fused-ring (bicyclic) bond motifs is 1. The monoisotopic (exact) mass is 390 g/mol. The number of hydrogen-bond acceptors (Lipinski definition) is 5. The predicted octanol–water partition coefficient (Wildman–Crippen LogP) is 3.25. The molecular formula is C22H26N6O. The molecule has 0 spiro atoms. The highest BCUT2D eigenvalue weighted by Gasteiger charge is 2.30. The van der Waals surface area contributed by atoms with Crippen LogP contribution in [0.25, 0.3) is 11.0 Å². The molecule has 150 valence electrons. The summed E-state index contributed by atoms with van der Waals surface area (Å²) in [7, 11) is 0. The zero-order chi connectivity index (χ0) is 20.0. The molecule has 0 bridgehead atoms. The van der Waals surface area contributed by atoms with Crippen molar-refractivity contribution in [3.63, 3.8) is 0 Å². The van der Waals surface area contributed by atoms with Gasteiger partial charge in [-0.2, -0.15) is 5.10 Å². The van der Waals surface area contributed by atoms with Crippen LogP contribution in [0.2, 0.25) is 0 Å². The third kappa shape index (κ3) is 3.34. The molecule has 0 atom stereocenters. The highest BCUT2D eigenvalue weighted by atomic mass is 16.2. The number of carbonyl (C=O) groups is 1. The first-order valence-electron chi connectivity index (χ1n) is 10.4. The Bertz CT molecular complexity index is 1030. The Morgan fingerprint density at radius 2 is 1.83 bits per heavy atom.